The number of aromatic carboxylic acids is 1. The molecule has 2 aromatic rings. The summed E-state index contributed by atoms with van der Waals surface area (Å²) in [6.45, 7) is 0. The highest BCUT2D eigenvalue weighted by Crippen LogP contribution is 2.17. The minimum absolute atomic E-state index is 0.0545. The van der Waals surface area contributed by atoms with Gasteiger partial charge in [0.2, 0.25) is 0 Å². The molecule has 0 aliphatic heterocycles. The van der Waals surface area contributed by atoms with E-state index in [1.807, 2.05) is 0 Å². The third-order valence-corrected chi connectivity index (χ3v) is 2.85. The molecule has 2 rings (SSSR count). The summed E-state index contributed by atoms with van der Waals surface area (Å²) in [7, 11) is 0. The number of pyridine rings is 1. The lowest BCUT2D eigenvalue weighted by Crippen LogP contribution is -2.16. The highest BCUT2D eigenvalue weighted by atomic mass is 79.9. The number of rotatable bonds is 3. The highest BCUT2D eigenvalue weighted by Gasteiger charge is 2.15. The zero-order valence-electron chi connectivity index (χ0n) is 9.93. The van der Waals surface area contributed by atoms with Crippen LogP contribution in [0.5, 0.6) is 0 Å². The molecule has 1 amide bonds. The van der Waals surface area contributed by atoms with Gasteiger partial charge in [0.15, 0.2) is 0 Å². The van der Waals surface area contributed by atoms with Gasteiger partial charge in [-0.1, -0.05) is 15.9 Å². The van der Waals surface area contributed by atoms with Gasteiger partial charge in [-0.2, -0.15) is 0 Å². The Morgan fingerprint density at radius 1 is 1.30 bits per heavy atom. The molecule has 0 unspecified atom stereocenters. The number of hydrogen-bond donors (Lipinski definition) is 2. The van der Waals surface area contributed by atoms with E-state index in [1.165, 1.54) is 30.5 Å². The van der Waals surface area contributed by atoms with E-state index in [-0.39, 0.29) is 16.9 Å². The summed E-state index contributed by atoms with van der Waals surface area (Å²) in [5.41, 5.74) is -0.0878. The van der Waals surface area contributed by atoms with Gasteiger partial charge in [-0.25, -0.2) is 14.2 Å². The first-order valence-corrected chi connectivity index (χ1v) is 6.22. The summed E-state index contributed by atoms with van der Waals surface area (Å²) >= 11 is 3.07. The van der Waals surface area contributed by atoms with Crippen LogP contribution in [-0.4, -0.2) is 22.0 Å². The Bertz CT molecular complexity index is 671. The van der Waals surface area contributed by atoms with E-state index in [0.717, 1.165) is 6.07 Å². The van der Waals surface area contributed by atoms with Crippen LogP contribution in [0.25, 0.3) is 0 Å². The smallest absolute Gasteiger partial charge is 0.339 e. The molecule has 0 atom stereocenters. The van der Waals surface area contributed by atoms with Crippen LogP contribution in [0.3, 0.4) is 0 Å². The third kappa shape index (κ3) is 3.18. The van der Waals surface area contributed by atoms with Gasteiger partial charge in [0.1, 0.15) is 17.2 Å². The zero-order chi connectivity index (χ0) is 14.7. The van der Waals surface area contributed by atoms with Gasteiger partial charge < -0.3 is 10.4 Å². The van der Waals surface area contributed by atoms with Crippen molar-refractivity contribution in [3.05, 3.63) is 57.9 Å². The quantitative estimate of drug-likeness (QED) is 0.901. The molecule has 0 aliphatic carbocycles. The number of carbonyl (C=O) groups excluding carboxylic acids is 1. The molecule has 7 heteroatoms. The number of amides is 1. The molecular weight excluding hydrogens is 331 g/mol. The van der Waals surface area contributed by atoms with Crippen LogP contribution in [0.15, 0.2) is 41.0 Å². The van der Waals surface area contributed by atoms with E-state index < -0.39 is 17.7 Å². The van der Waals surface area contributed by atoms with E-state index in [0.29, 0.717) is 4.47 Å². The highest BCUT2D eigenvalue weighted by molar-refractivity contribution is 9.10. The van der Waals surface area contributed by atoms with Crippen LogP contribution in [0.1, 0.15) is 20.7 Å². The first-order valence-electron chi connectivity index (χ1n) is 5.43. The maximum Gasteiger partial charge on any atom is 0.339 e. The van der Waals surface area contributed by atoms with Gasteiger partial charge in [-0.15, -0.1) is 0 Å². The molecule has 1 heterocycles. The molecule has 20 heavy (non-hydrogen) atoms. The van der Waals surface area contributed by atoms with Gasteiger partial charge in [0.05, 0.1) is 0 Å². The SMILES string of the molecule is O=C(Nc1ncccc1C(=O)O)c1cc(F)cc(Br)c1. The molecule has 0 bridgehead atoms. The minimum atomic E-state index is -1.21. The lowest BCUT2D eigenvalue weighted by molar-refractivity contribution is 0.0697. The fraction of sp³-hybridized carbons (Fsp3) is 0. The Kier molecular flexibility index (Phi) is 4.09. The van der Waals surface area contributed by atoms with E-state index in [9.17, 15) is 14.0 Å². The van der Waals surface area contributed by atoms with Crippen LogP contribution < -0.4 is 5.32 Å². The monoisotopic (exact) mass is 338 g/mol. The Balaban J connectivity index is 2.30. The number of hydrogen-bond acceptors (Lipinski definition) is 3. The zero-order valence-corrected chi connectivity index (χ0v) is 11.5. The van der Waals surface area contributed by atoms with Gasteiger partial charge in [-0.05, 0) is 30.3 Å². The summed E-state index contributed by atoms with van der Waals surface area (Å²) in [5.74, 6) is -2.53. The van der Waals surface area contributed by atoms with Crippen molar-refractivity contribution in [3.8, 4) is 0 Å². The predicted octanol–water partition coefficient (Wildman–Crippen LogP) is 2.93. The van der Waals surface area contributed by atoms with E-state index in [1.54, 1.807) is 0 Å². The Hall–Kier alpha value is -2.28. The normalized spacial score (nSPS) is 10.1. The molecule has 1 aromatic carbocycles. The Morgan fingerprint density at radius 3 is 2.70 bits per heavy atom. The first kappa shape index (κ1) is 14.1. The van der Waals surface area contributed by atoms with Crippen molar-refractivity contribution in [1.29, 1.82) is 0 Å². The van der Waals surface area contributed by atoms with Crippen LogP contribution in [0, 0.1) is 5.82 Å². The number of carboxylic acids is 1. The molecular formula is C13H8BrFN2O3. The van der Waals surface area contributed by atoms with Crippen molar-refractivity contribution < 1.29 is 19.1 Å². The van der Waals surface area contributed by atoms with Gasteiger partial charge in [0, 0.05) is 16.2 Å². The maximum absolute atomic E-state index is 13.2. The molecule has 0 radical (unpaired) electrons. The molecule has 0 spiro atoms. The number of nitrogens with zero attached hydrogens (tertiary/aromatic N) is 1. The standard InChI is InChI=1S/C13H8BrFN2O3/c14-8-4-7(5-9(15)6-8)12(18)17-11-10(13(19)20)2-1-3-16-11/h1-6H,(H,19,20)(H,16,17,18). The second-order valence-electron chi connectivity index (χ2n) is 3.82. The summed E-state index contributed by atoms with van der Waals surface area (Å²) in [4.78, 5) is 26.7. The molecule has 0 fully saturated rings. The number of benzene rings is 1. The van der Waals surface area contributed by atoms with Crippen LogP contribution in [-0.2, 0) is 0 Å². The number of carbonyl (C=O) groups is 2. The van der Waals surface area contributed by atoms with Gasteiger partial charge >= 0.3 is 5.97 Å². The molecule has 0 aliphatic rings. The fourth-order valence-electron chi connectivity index (χ4n) is 1.54. The summed E-state index contributed by atoms with van der Waals surface area (Å²) in [5, 5.41) is 11.3. The van der Waals surface area contributed by atoms with Crippen LogP contribution in [0.4, 0.5) is 10.2 Å². The molecule has 2 N–H and O–H groups in total. The van der Waals surface area contributed by atoms with Crippen molar-refractivity contribution in [2.24, 2.45) is 0 Å². The van der Waals surface area contributed by atoms with Crippen molar-refractivity contribution in [3.63, 3.8) is 0 Å². The lowest BCUT2D eigenvalue weighted by Gasteiger charge is -2.07. The van der Waals surface area contributed by atoms with Crippen molar-refractivity contribution in [2.45, 2.75) is 0 Å². The number of halogens is 2. The van der Waals surface area contributed by atoms with E-state index in [2.05, 4.69) is 26.2 Å². The van der Waals surface area contributed by atoms with Crippen molar-refractivity contribution in [1.82, 2.24) is 4.98 Å². The molecule has 0 saturated carbocycles. The molecule has 0 saturated heterocycles. The van der Waals surface area contributed by atoms with Gasteiger partial charge in [-0.3, -0.25) is 4.79 Å². The number of aromatic nitrogens is 1. The fourth-order valence-corrected chi connectivity index (χ4v) is 2.01. The Labute approximate surface area is 121 Å². The van der Waals surface area contributed by atoms with E-state index in [4.69, 9.17) is 5.11 Å². The molecule has 102 valence electrons. The predicted molar refractivity (Wildman–Crippen MR) is 73.2 cm³/mol. The van der Waals surface area contributed by atoms with Crippen LogP contribution >= 0.6 is 15.9 Å². The largest absolute Gasteiger partial charge is 0.478 e. The topological polar surface area (TPSA) is 79.3 Å². The average Bonchev–Trinajstić information content (AvgIpc) is 2.37. The first-order chi connectivity index (χ1) is 9.47. The summed E-state index contributed by atoms with van der Waals surface area (Å²) in [6.07, 6.45) is 1.35. The number of anilines is 1. The summed E-state index contributed by atoms with van der Waals surface area (Å²) < 4.78 is 13.6. The molecule has 1 aromatic heterocycles. The van der Waals surface area contributed by atoms with Crippen molar-refractivity contribution >= 4 is 33.6 Å². The average molecular weight is 339 g/mol. The van der Waals surface area contributed by atoms with Crippen LogP contribution in [0.2, 0.25) is 0 Å². The minimum Gasteiger partial charge on any atom is -0.478 e. The number of carboxylic acid groups (broad SMARTS) is 1. The summed E-state index contributed by atoms with van der Waals surface area (Å²) in [6, 6.07) is 6.43. The maximum atomic E-state index is 13.2. The second-order valence-corrected chi connectivity index (χ2v) is 4.73. The second kappa shape index (κ2) is 5.79. The lowest BCUT2D eigenvalue weighted by atomic mass is 10.2. The van der Waals surface area contributed by atoms with E-state index >= 15 is 0 Å². The van der Waals surface area contributed by atoms with Crippen molar-refractivity contribution in [2.75, 3.05) is 5.32 Å². The molecule has 5 nitrogen and oxygen atoms in total. The number of nitrogens with one attached hydrogen (secondary N) is 1. The third-order valence-electron chi connectivity index (χ3n) is 2.39. The Morgan fingerprint density at radius 2 is 2.05 bits per heavy atom. The van der Waals surface area contributed by atoms with Gasteiger partial charge in [0.25, 0.3) is 5.91 Å².